The number of methoxy groups -OCH3 is 1. The number of aromatic nitrogens is 1. The van der Waals surface area contributed by atoms with Crippen molar-refractivity contribution in [3.63, 3.8) is 0 Å². The molecule has 1 aromatic heterocycles. The van der Waals surface area contributed by atoms with Crippen molar-refractivity contribution in [2.24, 2.45) is 0 Å². The van der Waals surface area contributed by atoms with Crippen LogP contribution in [0.1, 0.15) is 17.0 Å². The minimum Gasteiger partial charge on any atom is -0.497 e. The van der Waals surface area contributed by atoms with E-state index in [4.69, 9.17) is 9.47 Å². The van der Waals surface area contributed by atoms with Crippen LogP contribution in [0, 0.1) is 0 Å². The van der Waals surface area contributed by atoms with Gasteiger partial charge in [-0.2, -0.15) is 0 Å². The van der Waals surface area contributed by atoms with Gasteiger partial charge in [0.15, 0.2) is 5.60 Å². The zero-order valence-corrected chi connectivity index (χ0v) is 18.2. The summed E-state index contributed by atoms with van der Waals surface area (Å²) in [7, 11) is 5.06. The molecule has 0 N–H and O–H groups in total. The first-order valence-electron chi connectivity index (χ1n) is 10.4. The zero-order valence-electron chi connectivity index (χ0n) is 18.2. The van der Waals surface area contributed by atoms with Crippen LogP contribution in [0.2, 0.25) is 0 Å². The van der Waals surface area contributed by atoms with Crippen LogP contribution in [0.25, 0.3) is 0 Å². The Morgan fingerprint density at radius 2 is 2.06 bits per heavy atom. The molecule has 2 aromatic rings. The Hall–Kier alpha value is -3.13. The lowest BCUT2D eigenvalue weighted by Gasteiger charge is -2.42. The van der Waals surface area contributed by atoms with E-state index in [1.807, 2.05) is 41.3 Å². The molecule has 2 atom stereocenters. The van der Waals surface area contributed by atoms with Crippen LogP contribution in [0.15, 0.2) is 48.8 Å². The third-order valence-corrected chi connectivity index (χ3v) is 6.03. The van der Waals surface area contributed by atoms with Crippen molar-refractivity contribution in [1.29, 1.82) is 0 Å². The fourth-order valence-electron chi connectivity index (χ4n) is 4.45. The van der Waals surface area contributed by atoms with Gasteiger partial charge in [0.25, 0.3) is 5.91 Å². The van der Waals surface area contributed by atoms with Crippen molar-refractivity contribution in [1.82, 2.24) is 19.7 Å². The van der Waals surface area contributed by atoms with Crippen LogP contribution in [0.5, 0.6) is 5.75 Å². The summed E-state index contributed by atoms with van der Waals surface area (Å²) in [5.41, 5.74) is 0.805. The van der Waals surface area contributed by atoms with Crippen LogP contribution in [-0.2, 0) is 16.1 Å². The molecule has 2 fully saturated rings. The molecule has 2 unspecified atom stereocenters. The summed E-state index contributed by atoms with van der Waals surface area (Å²) in [5.74, 6) is 0.410. The molecule has 0 aliphatic carbocycles. The summed E-state index contributed by atoms with van der Waals surface area (Å²) in [6.45, 7) is 2.04. The fraction of sp³-hybridized carbons (Fsp3) is 0.435. The Morgan fingerprint density at radius 3 is 2.71 bits per heavy atom. The Bertz CT molecular complexity index is 934. The molecule has 0 bridgehead atoms. The number of pyridine rings is 1. The Balaban J connectivity index is 1.64. The Labute approximate surface area is 182 Å². The van der Waals surface area contributed by atoms with Gasteiger partial charge in [-0.25, -0.2) is 4.79 Å². The monoisotopic (exact) mass is 424 g/mol. The summed E-state index contributed by atoms with van der Waals surface area (Å²) < 4.78 is 11.4. The third kappa shape index (κ3) is 3.95. The number of hydrogen-bond acceptors (Lipinski definition) is 5. The van der Waals surface area contributed by atoms with Crippen LogP contribution in [-0.4, -0.2) is 84.7 Å². The highest BCUT2D eigenvalue weighted by Crippen LogP contribution is 2.42. The number of carbonyl (C=O) groups excluding carboxylic acids is 2. The van der Waals surface area contributed by atoms with Gasteiger partial charge in [-0.3, -0.25) is 9.78 Å². The summed E-state index contributed by atoms with van der Waals surface area (Å²) in [6.07, 6.45) is 3.46. The van der Waals surface area contributed by atoms with Gasteiger partial charge in [0, 0.05) is 52.0 Å². The number of likely N-dealkylation sites (tertiary alicyclic amines) is 1. The topological polar surface area (TPSA) is 75.2 Å². The van der Waals surface area contributed by atoms with E-state index in [1.54, 1.807) is 38.5 Å². The van der Waals surface area contributed by atoms with Crippen molar-refractivity contribution in [2.75, 3.05) is 47.4 Å². The first kappa shape index (κ1) is 21.1. The minimum atomic E-state index is -1.11. The molecule has 0 radical (unpaired) electrons. The van der Waals surface area contributed by atoms with Crippen molar-refractivity contribution in [3.8, 4) is 5.75 Å². The number of benzene rings is 1. The molecule has 3 amide bonds. The molecule has 1 spiro atoms. The molecule has 3 heterocycles. The number of hydrogen-bond donors (Lipinski definition) is 0. The minimum absolute atomic E-state index is 0.0857. The fourth-order valence-corrected chi connectivity index (χ4v) is 4.45. The second-order valence-electron chi connectivity index (χ2n) is 8.21. The van der Waals surface area contributed by atoms with E-state index in [0.717, 1.165) is 16.9 Å². The number of amides is 3. The van der Waals surface area contributed by atoms with E-state index in [1.165, 1.54) is 4.90 Å². The van der Waals surface area contributed by atoms with Crippen LogP contribution < -0.4 is 4.74 Å². The molecular weight excluding hydrogens is 396 g/mol. The predicted molar refractivity (Wildman–Crippen MR) is 115 cm³/mol. The molecular formula is C23H28N4O4. The number of rotatable bonds is 4. The van der Waals surface area contributed by atoms with Gasteiger partial charge < -0.3 is 24.2 Å². The molecule has 2 aliphatic rings. The van der Waals surface area contributed by atoms with Crippen molar-refractivity contribution < 1.29 is 19.1 Å². The predicted octanol–water partition coefficient (Wildman–Crippen LogP) is 1.97. The summed E-state index contributed by atoms with van der Waals surface area (Å²) in [4.78, 5) is 35.8. The number of nitrogens with zero attached hydrogens (tertiary/aromatic N) is 4. The second-order valence-corrected chi connectivity index (χ2v) is 8.21. The maximum atomic E-state index is 13.8. The number of carbonyl (C=O) groups is 2. The van der Waals surface area contributed by atoms with E-state index in [9.17, 15) is 9.59 Å². The van der Waals surface area contributed by atoms with Gasteiger partial charge in [0.1, 0.15) is 5.75 Å². The second kappa shape index (κ2) is 8.55. The first-order chi connectivity index (χ1) is 14.9. The van der Waals surface area contributed by atoms with Crippen molar-refractivity contribution in [2.45, 2.75) is 18.1 Å². The number of ether oxygens (including phenoxy) is 2. The van der Waals surface area contributed by atoms with Crippen molar-refractivity contribution >= 4 is 11.9 Å². The van der Waals surface area contributed by atoms with E-state index >= 15 is 0 Å². The molecule has 0 saturated carbocycles. The quantitative estimate of drug-likeness (QED) is 0.750. The molecule has 8 nitrogen and oxygen atoms in total. The van der Waals surface area contributed by atoms with Gasteiger partial charge >= 0.3 is 6.03 Å². The number of urea groups is 1. The highest BCUT2D eigenvalue weighted by molar-refractivity contribution is 5.89. The smallest absolute Gasteiger partial charge is 0.319 e. The van der Waals surface area contributed by atoms with E-state index in [2.05, 4.69) is 4.98 Å². The average Bonchev–Trinajstić information content (AvgIpc) is 3.17. The molecule has 31 heavy (non-hydrogen) atoms. The van der Waals surface area contributed by atoms with E-state index in [0.29, 0.717) is 26.2 Å². The van der Waals surface area contributed by atoms with Gasteiger partial charge in [0.2, 0.25) is 0 Å². The summed E-state index contributed by atoms with van der Waals surface area (Å²) >= 11 is 0. The molecule has 2 saturated heterocycles. The molecule has 2 aliphatic heterocycles. The summed E-state index contributed by atoms with van der Waals surface area (Å²) in [5, 5.41) is 0. The standard InChI is InChI=1S/C23H28N4O4/c1-25(2)22(29)27-15-20(18-5-4-10-24-13-18)23(16-27)21(28)26(11-12-31-23)14-17-6-8-19(30-3)9-7-17/h4-10,13,20H,11-12,14-16H2,1-3H3. The zero-order chi connectivity index (χ0) is 22.0. The van der Waals surface area contributed by atoms with E-state index < -0.39 is 5.60 Å². The van der Waals surface area contributed by atoms with Gasteiger partial charge in [0.05, 0.1) is 20.3 Å². The molecule has 1 aromatic carbocycles. The van der Waals surface area contributed by atoms with Gasteiger partial charge in [-0.05, 0) is 29.3 Å². The van der Waals surface area contributed by atoms with E-state index in [-0.39, 0.29) is 24.4 Å². The van der Waals surface area contributed by atoms with Gasteiger partial charge in [-0.1, -0.05) is 18.2 Å². The highest BCUT2D eigenvalue weighted by Gasteiger charge is 2.58. The van der Waals surface area contributed by atoms with Crippen molar-refractivity contribution in [3.05, 3.63) is 59.9 Å². The number of morpholine rings is 1. The molecule has 8 heteroatoms. The van der Waals surface area contributed by atoms with Crippen LogP contribution in [0.4, 0.5) is 4.79 Å². The highest BCUT2D eigenvalue weighted by atomic mass is 16.5. The van der Waals surface area contributed by atoms with Crippen LogP contribution >= 0.6 is 0 Å². The SMILES string of the molecule is COc1ccc(CN2CCOC3(CN(C(=O)N(C)C)CC3c3cccnc3)C2=O)cc1. The molecule has 4 rings (SSSR count). The maximum Gasteiger partial charge on any atom is 0.319 e. The Kier molecular flexibility index (Phi) is 5.82. The lowest BCUT2D eigenvalue weighted by molar-refractivity contribution is -0.172. The lowest BCUT2D eigenvalue weighted by atomic mass is 9.83. The summed E-state index contributed by atoms with van der Waals surface area (Å²) in [6, 6.07) is 11.4. The largest absolute Gasteiger partial charge is 0.497 e. The van der Waals surface area contributed by atoms with Crippen LogP contribution in [0.3, 0.4) is 0 Å². The van der Waals surface area contributed by atoms with Gasteiger partial charge in [-0.15, -0.1) is 0 Å². The average molecular weight is 425 g/mol. The molecule has 164 valence electrons. The maximum absolute atomic E-state index is 13.8. The third-order valence-electron chi connectivity index (χ3n) is 6.03. The first-order valence-corrected chi connectivity index (χ1v) is 10.4. The lowest BCUT2D eigenvalue weighted by Crippen LogP contribution is -2.60. The Morgan fingerprint density at radius 1 is 1.29 bits per heavy atom. The normalized spacial score (nSPS) is 23.3.